The van der Waals surface area contributed by atoms with Crippen molar-refractivity contribution < 1.29 is 19.7 Å². The molecule has 1 spiro atoms. The van der Waals surface area contributed by atoms with E-state index < -0.39 is 12.0 Å². The number of hydrogen-bond acceptors (Lipinski definition) is 4. The summed E-state index contributed by atoms with van der Waals surface area (Å²) in [4.78, 5) is 13.0. The number of nitrogens with zero attached hydrogens (tertiary/aromatic N) is 1. The monoisotopic (exact) mass is 243 g/mol. The number of carboxylic acids is 1. The predicted octanol–water partition coefficient (Wildman–Crippen LogP) is 0.465. The molecule has 0 saturated carbocycles. The minimum absolute atomic E-state index is 0.302. The largest absolute Gasteiger partial charge is 0.480 e. The lowest BCUT2D eigenvalue weighted by Gasteiger charge is -2.47. The van der Waals surface area contributed by atoms with E-state index in [0.717, 1.165) is 19.4 Å². The van der Waals surface area contributed by atoms with Gasteiger partial charge in [0.25, 0.3) is 0 Å². The van der Waals surface area contributed by atoms with Crippen LogP contribution in [0.4, 0.5) is 0 Å². The number of aliphatic hydroxyl groups excluding tert-OH is 1. The van der Waals surface area contributed by atoms with Gasteiger partial charge in [-0.1, -0.05) is 0 Å². The summed E-state index contributed by atoms with van der Waals surface area (Å²) in [5.41, 5.74) is -0.320. The standard InChI is InChI=1S/C12H21NO4/c1-9(11(15)16)13-5-2-4-12(8-13)7-10(14)3-6-17-12/h9-10,14H,2-8H2,1H3,(H,15,16). The maximum Gasteiger partial charge on any atom is 0.320 e. The molecule has 2 N–H and O–H groups in total. The highest BCUT2D eigenvalue weighted by Crippen LogP contribution is 2.34. The van der Waals surface area contributed by atoms with Crippen molar-refractivity contribution in [1.82, 2.24) is 4.90 Å². The second-order valence-corrected chi connectivity index (χ2v) is 5.27. The van der Waals surface area contributed by atoms with Gasteiger partial charge in [0.1, 0.15) is 6.04 Å². The Balaban J connectivity index is 2.03. The maximum atomic E-state index is 11.0. The van der Waals surface area contributed by atoms with E-state index in [2.05, 4.69) is 0 Å². The van der Waals surface area contributed by atoms with Gasteiger partial charge in [0.15, 0.2) is 0 Å². The summed E-state index contributed by atoms with van der Waals surface area (Å²) < 4.78 is 5.84. The Hall–Kier alpha value is -0.650. The molecule has 98 valence electrons. The lowest BCUT2D eigenvalue weighted by Crippen LogP contribution is -2.57. The van der Waals surface area contributed by atoms with Crippen LogP contribution in [0.25, 0.3) is 0 Å². The van der Waals surface area contributed by atoms with Crippen LogP contribution in [-0.2, 0) is 9.53 Å². The Morgan fingerprint density at radius 1 is 1.59 bits per heavy atom. The van der Waals surface area contributed by atoms with E-state index in [1.807, 2.05) is 4.90 Å². The number of likely N-dealkylation sites (tertiary alicyclic amines) is 1. The first kappa shape index (κ1) is 12.8. The molecule has 5 heteroatoms. The van der Waals surface area contributed by atoms with Crippen LogP contribution in [0.1, 0.15) is 32.6 Å². The maximum absolute atomic E-state index is 11.0. The summed E-state index contributed by atoms with van der Waals surface area (Å²) in [7, 11) is 0. The van der Waals surface area contributed by atoms with Gasteiger partial charge >= 0.3 is 5.97 Å². The number of aliphatic hydroxyl groups is 1. The van der Waals surface area contributed by atoms with Gasteiger partial charge in [-0.3, -0.25) is 9.69 Å². The van der Waals surface area contributed by atoms with E-state index in [1.165, 1.54) is 0 Å². The van der Waals surface area contributed by atoms with Crippen molar-refractivity contribution in [2.45, 2.75) is 50.4 Å². The van der Waals surface area contributed by atoms with Gasteiger partial charge < -0.3 is 14.9 Å². The fraction of sp³-hybridized carbons (Fsp3) is 0.917. The average Bonchev–Trinajstić information content (AvgIpc) is 2.27. The van der Waals surface area contributed by atoms with Crippen LogP contribution >= 0.6 is 0 Å². The van der Waals surface area contributed by atoms with Gasteiger partial charge in [-0.15, -0.1) is 0 Å². The van der Waals surface area contributed by atoms with Gasteiger partial charge in [-0.25, -0.2) is 0 Å². The molecular formula is C12H21NO4. The highest BCUT2D eigenvalue weighted by molar-refractivity contribution is 5.72. The summed E-state index contributed by atoms with van der Waals surface area (Å²) >= 11 is 0. The molecule has 3 unspecified atom stereocenters. The van der Waals surface area contributed by atoms with Gasteiger partial charge in [0.05, 0.1) is 11.7 Å². The molecule has 3 atom stereocenters. The Morgan fingerprint density at radius 2 is 2.35 bits per heavy atom. The minimum atomic E-state index is -0.793. The molecule has 0 radical (unpaired) electrons. The number of hydrogen-bond donors (Lipinski definition) is 2. The molecule has 2 aliphatic heterocycles. The molecule has 0 aliphatic carbocycles. The van der Waals surface area contributed by atoms with Crippen molar-refractivity contribution in [2.75, 3.05) is 19.7 Å². The number of ether oxygens (including phenoxy) is 1. The van der Waals surface area contributed by atoms with E-state index in [9.17, 15) is 9.90 Å². The molecule has 2 aliphatic rings. The van der Waals surface area contributed by atoms with Crippen LogP contribution in [0.5, 0.6) is 0 Å². The predicted molar refractivity (Wildman–Crippen MR) is 61.8 cm³/mol. The Bertz CT molecular complexity index is 292. The molecule has 0 amide bonds. The van der Waals surface area contributed by atoms with Gasteiger partial charge in [-0.2, -0.15) is 0 Å². The van der Waals surface area contributed by atoms with Crippen molar-refractivity contribution in [2.24, 2.45) is 0 Å². The van der Waals surface area contributed by atoms with Crippen LogP contribution in [0.3, 0.4) is 0 Å². The summed E-state index contributed by atoms with van der Waals surface area (Å²) in [6.45, 7) is 3.71. The summed E-state index contributed by atoms with van der Waals surface area (Å²) in [5.74, 6) is -0.793. The first-order valence-electron chi connectivity index (χ1n) is 6.31. The van der Waals surface area contributed by atoms with Crippen LogP contribution in [0.15, 0.2) is 0 Å². The van der Waals surface area contributed by atoms with E-state index in [4.69, 9.17) is 9.84 Å². The zero-order valence-electron chi connectivity index (χ0n) is 10.3. The SMILES string of the molecule is CC(C(=O)O)N1CCCC2(CC(O)CCO2)C1. The molecule has 2 saturated heterocycles. The third-order valence-electron chi connectivity index (χ3n) is 3.94. The molecule has 0 aromatic heterocycles. The lowest BCUT2D eigenvalue weighted by atomic mass is 9.84. The van der Waals surface area contributed by atoms with E-state index in [1.54, 1.807) is 6.92 Å². The highest BCUT2D eigenvalue weighted by atomic mass is 16.5. The molecule has 5 nitrogen and oxygen atoms in total. The molecule has 0 aromatic carbocycles. The zero-order chi connectivity index (χ0) is 12.5. The van der Waals surface area contributed by atoms with Crippen LogP contribution < -0.4 is 0 Å². The zero-order valence-corrected chi connectivity index (χ0v) is 10.3. The number of carboxylic acid groups (broad SMARTS) is 1. The van der Waals surface area contributed by atoms with Crippen molar-refractivity contribution >= 4 is 5.97 Å². The van der Waals surface area contributed by atoms with Gasteiger partial charge in [-0.05, 0) is 32.7 Å². The first-order chi connectivity index (χ1) is 8.02. The molecule has 17 heavy (non-hydrogen) atoms. The highest BCUT2D eigenvalue weighted by Gasteiger charge is 2.42. The molecule has 0 aromatic rings. The van der Waals surface area contributed by atoms with Crippen LogP contribution in [-0.4, -0.2) is 58.5 Å². The lowest BCUT2D eigenvalue weighted by molar-refractivity contribution is -0.160. The van der Waals surface area contributed by atoms with E-state index >= 15 is 0 Å². The second kappa shape index (κ2) is 4.92. The molecule has 0 bridgehead atoms. The smallest absolute Gasteiger partial charge is 0.320 e. The van der Waals surface area contributed by atoms with E-state index in [-0.39, 0.29) is 11.7 Å². The number of aliphatic carboxylic acids is 1. The fourth-order valence-corrected chi connectivity index (χ4v) is 2.91. The van der Waals surface area contributed by atoms with E-state index in [0.29, 0.717) is 26.0 Å². The number of carbonyl (C=O) groups is 1. The fourth-order valence-electron chi connectivity index (χ4n) is 2.91. The second-order valence-electron chi connectivity index (χ2n) is 5.27. The molecule has 2 heterocycles. The van der Waals surface area contributed by atoms with Crippen molar-refractivity contribution in [1.29, 1.82) is 0 Å². The Morgan fingerprint density at radius 3 is 3.00 bits per heavy atom. The summed E-state index contributed by atoms with van der Waals surface area (Å²) in [6.07, 6.45) is 2.88. The van der Waals surface area contributed by atoms with Gasteiger partial charge in [0, 0.05) is 19.6 Å². The molecule has 2 rings (SSSR count). The van der Waals surface area contributed by atoms with Crippen molar-refractivity contribution in [3.8, 4) is 0 Å². The number of piperidine rings is 1. The summed E-state index contributed by atoms with van der Waals surface area (Å²) in [5, 5.41) is 18.8. The Labute approximate surface area is 101 Å². The number of rotatable bonds is 2. The third kappa shape index (κ3) is 2.78. The third-order valence-corrected chi connectivity index (χ3v) is 3.94. The van der Waals surface area contributed by atoms with Crippen LogP contribution in [0.2, 0.25) is 0 Å². The van der Waals surface area contributed by atoms with Crippen LogP contribution in [0, 0.1) is 0 Å². The quantitative estimate of drug-likeness (QED) is 0.737. The van der Waals surface area contributed by atoms with Crippen molar-refractivity contribution in [3.05, 3.63) is 0 Å². The summed E-state index contributed by atoms with van der Waals surface area (Å²) in [6, 6.07) is -0.477. The molecular weight excluding hydrogens is 222 g/mol. The topological polar surface area (TPSA) is 70.0 Å². The first-order valence-corrected chi connectivity index (χ1v) is 6.31. The van der Waals surface area contributed by atoms with Gasteiger partial charge in [0.2, 0.25) is 0 Å². The molecule has 2 fully saturated rings. The Kier molecular flexibility index (Phi) is 3.70. The average molecular weight is 243 g/mol. The normalized spacial score (nSPS) is 36.9. The van der Waals surface area contributed by atoms with Crippen molar-refractivity contribution in [3.63, 3.8) is 0 Å². The minimum Gasteiger partial charge on any atom is -0.480 e.